The third kappa shape index (κ3) is 5.18. The molecule has 3 aromatic rings. The molecule has 7 nitrogen and oxygen atoms in total. The van der Waals surface area contributed by atoms with Gasteiger partial charge in [0.1, 0.15) is 5.75 Å². The Morgan fingerprint density at radius 2 is 1.97 bits per heavy atom. The van der Waals surface area contributed by atoms with E-state index in [2.05, 4.69) is 58.6 Å². The van der Waals surface area contributed by atoms with Crippen LogP contribution in [0.2, 0.25) is 0 Å². The van der Waals surface area contributed by atoms with E-state index in [0.717, 1.165) is 61.7 Å². The molecule has 0 spiro atoms. The van der Waals surface area contributed by atoms with Gasteiger partial charge < -0.3 is 19.5 Å². The topological polar surface area (TPSA) is 60.8 Å². The van der Waals surface area contributed by atoms with Crippen molar-refractivity contribution in [2.45, 2.75) is 26.1 Å². The summed E-state index contributed by atoms with van der Waals surface area (Å²) in [5.74, 6) is 0.936. The number of aromatic nitrogens is 2. The zero-order valence-electron chi connectivity index (χ0n) is 18.6. The van der Waals surface area contributed by atoms with Crippen molar-refractivity contribution in [2.75, 3.05) is 52.4 Å². The Kier molecular flexibility index (Phi) is 7.06. The standard InChI is InChI=1S/C24H32N4O3/c1-18(26-22-6-4-20-16-25-28(10-11-29-2)23(20)15-22)19-5-7-24(30-3)21(14-19)17-27-8-12-31-13-9-27/h4-7,14-16,18,26H,8-13,17H2,1-3H3. The second-order valence-corrected chi connectivity index (χ2v) is 7.96. The summed E-state index contributed by atoms with van der Waals surface area (Å²) >= 11 is 0. The number of rotatable bonds is 9. The molecule has 0 radical (unpaired) electrons. The van der Waals surface area contributed by atoms with Gasteiger partial charge in [0.05, 0.1) is 45.2 Å². The summed E-state index contributed by atoms with van der Waals surface area (Å²) in [6, 6.07) is 13.0. The van der Waals surface area contributed by atoms with E-state index in [1.54, 1.807) is 14.2 Å². The van der Waals surface area contributed by atoms with E-state index in [-0.39, 0.29) is 6.04 Å². The van der Waals surface area contributed by atoms with Gasteiger partial charge in [0.15, 0.2) is 0 Å². The Bertz CT molecular complexity index is 998. The molecule has 1 aliphatic heterocycles. The maximum atomic E-state index is 5.63. The number of hydrogen-bond acceptors (Lipinski definition) is 6. The highest BCUT2D eigenvalue weighted by Gasteiger charge is 2.16. The number of hydrogen-bond donors (Lipinski definition) is 1. The summed E-state index contributed by atoms with van der Waals surface area (Å²) in [6.07, 6.45) is 1.90. The third-order valence-electron chi connectivity index (χ3n) is 5.84. The van der Waals surface area contributed by atoms with E-state index < -0.39 is 0 Å². The maximum Gasteiger partial charge on any atom is 0.123 e. The zero-order valence-corrected chi connectivity index (χ0v) is 18.6. The Hall–Kier alpha value is -2.61. The molecule has 31 heavy (non-hydrogen) atoms. The fourth-order valence-electron chi connectivity index (χ4n) is 4.04. The van der Waals surface area contributed by atoms with Crippen LogP contribution >= 0.6 is 0 Å². The largest absolute Gasteiger partial charge is 0.496 e. The molecule has 1 fully saturated rings. The summed E-state index contributed by atoms with van der Waals surface area (Å²) < 4.78 is 18.3. The number of methoxy groups -OCH3 is 2. The number of nitrogens with one attached hydrogen (secondary N) is 1. The molecule has 0 saturated carbocycles. The van der Waals surface area contributed by atoms with Crippen molar-refractivity contribution in [3.63, 3.8) is 0 Å². The molecule has 4 rings (SSSR count). The van der Waals surface area contributed by atoms with Gasteiger partial charge >= 0.3 is 0 Å². The van der Waals surface area contributed by atoms with Gasteiger partial charge in [0.2, 0.25) is 0 Å². The predicted molar refractivity (Wildman–Crippen MR) is 123 cm³/mol. The molecular weight excluding hydrogens is 392 g/mol. The lowest BCUT2D eigenvalue weighted by Gasteiger charge is -2.27. The van der Waals surface area contributed by atoms with Gasteiger partial charge in [-0.25, -0.2) is 0 Å². The van der Waals surface area contributed by atoms with Crippen LogP contribution in [0.4, 0.5) is 5.69 Å². The van der Waals surface area contributed by atoms with Gasteiger partial charge in [-0.1, -0.05) is 6.07 Å². The SMILES string of the molecule is COCCn1ncc2ccc(NC(C)c3ccc(OC)c(CN4CCOCC4)c3)cc21. The number of ether oxygens (including phenoxy) is 3. The van der Waals surface area contributed by atoms with E-state index in [1.807, 2.05) is 10.9 Å². The van der Waals surface area contributed by atoms with Gasteiger partial charge in [-0.3, -0.25) is 9.58 Å². The minimum absolute atomic E-state index is 0.155. The molecule has 166 valence electrons. The summed E-state index contributed by atoms with van der Waals surface area (Å²) in [5, 5.41) is 9.25. The number of morpholine rings is 1. The van der Waals surface area contributed by atoms with Crippen LogP contribution in [0.15, 0.2) is 42.6 Å². The van der Waals surface area contributed by atoms with Crippen molar-refractivity contribution in [3.05, 3.63) is 53.7 Å². The molecule has 0 aliphatic carbocycles. The lowest BCUT2D eigenvalue weighted by molar-refractivity contribution is 0.0339. The van der Waals surface area contributed by atoms with E-state index in [4.69, 9.17) is 14.2 Å². The van der Waals surface area contributed by atoms with Gasteiger partial charge in [-0.15, -0.1) is 0 Å². The summed E-state index contributed by atoms with van der Waals surface area (Å²) in [7, 11) is 3.45. The smallest absolute Gasteiger partial charge is 0.123 e. The monoisotopic (exact) mass is 424 g/mol. The van der Waals surface area contributed by atoms with Crippen molar-refractivity contribution >= 4 is 16.6 Å². The van der Waals surface area contributed by atoms with E-state index in [1.165, 1.54) is 11.1 Å². The molecule has 1 saturated heterocycles. The van der Waals surface area contributed by atoms with Crippen LogP contribution in [0, 0.1) is 0 Å². The third-order valence-corrected chi connectivity index (χ3v) is 5.84. The molecule has 1 unspecified atom stereocenters. The first-order valence-electron chi connectivity index (χ1n) is 10.9. The fraction of sp³-hybridized carbons (Fsp3) is 0.458. The lowest BCUT2D eigenvalue weighted by atomic mass is 10.0. The van der Waals surface area contributed by atoms with Crippen molar-refractivity contribution in [2.24, 2.45) is 0 Å². The van der Waals surface area contributed by atoms with E-state index >= 15 is 0 Å². The quantitative estimate of drug-likeness (QED) is 0.565. The minimum atomic E-state index is 0.155. The van der Waals surface area contributed by atoms with Crippen LogP contribution in [-0.2, 0) is 22.6 Å². The van der Waals surface area contributed by atoms with Crippen LogP contribution in [0.1, 0.15) is 24.1 Å². The van der Waals surface area contributed by atoms with Crippen LogP contribution in [0.5, 0.6) is 5.75 Å². The van der Waals surface area contributed by atoms with Crippen LogP contribution in [0.3, 0.4) is 0 Å². The molecule has 1 aromatic heterocycles. The predicted octanol–water partition coefficient (Wildman–Crippen LogP) is 3.70. The van der Waals surface area contributed by atoms with Crippen molar-refractivity contribution < 1.29 is 14.2 Å². The molecule has 2 heterocycles. The molecule has 1 aliphatic rings. The van der Waals surface area contributed by atoms with E-state index in [9.17, 15) is 0 Å². The minimum Gasteiger partial charge on any atom is -0.496 e. The Balaban J connectivity index is 1.51. The maximum absolute atomic E-state index is 5.63. The highest BCUT2D eigenvalue weighted by atomic mass is 16.5. The van der Waals surface area contributed by atoms with Crippen LogP contribution < -0.4 is 10.1 Å². The number of benzene rings is 2. The summed E-state index contributed by atoms with van der Waals surface area (Å²) in [6.45, 7) is 7.94. The lowest BCUT2D eigenvalue weighted by Crippen LogP contribution is -2.35. The molecule has 1 atom stereocenters. The molecule has 0 bridgehead atoms. The number of fused-ring (bicyclic) bond motifs is 1. The zero-order chi connectivity index (χ0) is 21.6. The van der Waals surface area contributed by atoms with Gasteiger partial charge in [0, 0.05) is 49.4 Å². The van der Waals surface area contributed by atoms with Crippen LogP contribution in [-0.4, -0.2) is 61.8 Å². The summed E-state index contributed by atoms with van der Waals surface area (Å²) in [4.78, 5) is 2.42. The van der Waals surface area contributed by atoms with Crippen LogP contribution in [0.25, 0.3) is 10.9 Å². The average molecular weight is 425 g/mol. The van der Waals surface area contributed by atoms with Crippen molar-refractivity contribution in [1.82, 2.24) is 14.7 Å². The molecule has 7 heteroatoms. The van der Waals surface area contributed by atoms with Crippen molar-refractivity contribution in [1.29, 1.82) is 0 Å². The van der Waals surface area contributed by atoms with E-state index in [0.29, 0.717) is 6.61 Å². The first-order valence-corrected chi connectivity index (χ1v) is 10.9. The van der Waals surface area contributed by atoms with Crippen molar-refractivity contribution in [3.8, 4) is 5.75 Å². The second kappa shape index (κ2) is 10.1. The highest BCUT2D eigenvalue weighted by Crippen LogP contribution is 2.28. The van der Waals surface area contributed by atoms with Gasteiger partial charge in [0.25, 0.3) is 0 Å². The highest BCUT2D eigenvalue weighted by molar-refractivity contribution is 5.82. The molecule has 2 aromatic carbocycles. The Morgan fingerprint density at radius 3 is 2.74 bits per heavy atom. The average Bonchev–Trinajstić information content (AvgIpc) is 3.20. The Labute approximate surface area is 183 Å². The fourth-order valence-corrected chi connectivity index (χ4v) is 4.04. The molecular formula is C24H32N4O3. The van der Waals surface area contributed by atoms with Gasteiger partial charge in [-0.05, 0) is 42.8 Å². The summed E-state index contributed by atoms with van der Waals surface area (Å²) in [5.41, 5.74) is 4.63. The van der Waals surface area contributed by atoms with Gasteiger partial charge in [-0.2, -0.15) is 5.10 Å². The molecule has 1 N–H and O–H groups in total. The first kappa shape index (κ1) is 21.6. The Morgan fingerprint density at radius 1 is 1.13 bits per heavy atom. The molecule has 0 amide bonds. The first-order chi connectivity index (χ1) is 15.2. The normalized spacial score (nSPS) is 15.8. The second-order valence-electron chi connectivity index (χ2n) is 7.96. The number of anilines is 1. The number of nitrogens with zero attached hydrogens (tertiary/aromatic N) is 3.